The Morgan fingerprint density at radius 3 is 2.52 bits per heavy atom. The first-order chi connectivity index (χ1) is 11.9. The highest BCUT2D eigenvalue weighted by atomic mass is 79.9. The molecule has 0 spiro atoms. The summed E-state index contributed by atoms with van der Waals surface area (Å²) >= 11 is 3.16. The van der Waals surface area contributed by atoms with Crippen LogP contribution in [0.15, 0.2) is 46.9 Å². The van der Waals surface area contributed by atoms with Gasteiger partial charge in [0.25, 0.3) is 5.91 Å². The van der Waals surface area contributed by atoms with Crippen molar-refractivity contribution in [2.45, 2.75) is 26.3 Å². The molecule has 132 valence electrons. The fraction of sp³-hybridized carbons (Fsp3) is 0.263. The van der Waals surface area contributed by atoms with E-state index >= 15 is 0 Å². The van der Waals surface area contributed by atoms with Crippen LogP contribution in [0.25, 0.3) is 0 Å². The van der Waals surface area contributed by atoms with Crippen LogP contribution in [0.2, 0.25) is 0 Å². The van der Waals surface area contributed by atoms with E-state index in [1.807, 2.05) is 31.2 Å². The van der Waals surface area contributed by atoms with Gasteiger partial charge in [0.1, 0.15) is 5.82 Å². The van der Waals surface area contributed by atoms with E-state index in [0.717, 1.165) is 18.1 Å². The fourth-order valence-electron chi connectivity index (χ4n) is 2.27. The predicted molar refractivity (Wildman–Crippen MR) is 96.8 cm³/mol. The SMILES string of the molecule is CCc1ccc([C@@H](C)NC(=O)COC(=O)c2cc(Br)ccc2F)cc1. The zero-order valence-corrected chi connectivity index (χ0v) is 15.6. The third kappa shape index (κ3) is 5.39. The molecule has 6 heteroatoms. The van der Waals surface area contributed by atoms with Crippen molar-refractivity contribution in [2.24, 2.45) is 0 Å². The van der Waals surface area contributed by atoms with Crippen molar-refractivity contribution in [3.63, 3.8) is 0 Å². The summed E-state index contributed by atoms with van der Waals surface area (Å²) < 4.78 is 19.1. The highest BCUT2D eigenvalue weighted by molar-refractivity contribution is 9.10. The van der Waals surface area contributed by atoms with Gasteiger partial charge in [0.15, 0.2) is 6.61 Å². The lowest BCUT2D eigenvalue weighted by atomic mass is 10.1. The number of ether oxygens (including phenoxy) is 1. The standard InChI is InChI=1S/C19H19BrFNO3/c1-3-13-4-6-14(7-5-13)12(2)22-18(23)11-25-19(24)16-10-15(20)8-9-17(16)21/h4-10,12H,3,11H2,1-2H3,(H,22,23)/t12-/m1/s1. The Labute approximate surface area is 154 Å². The molecule has 2 aromatic carbocycles. The molecule has 0 bridgehead atoms. The molecular weight excluding hydrogens is 389 g/mol. The topological polar surface area (TPSA) is 55.4 Å². The average Bonchev–Trinajstić information content (AvgIpc) is 2.61. The number of carbonyl (C=O) groups excluding carboxylic acids is 2. The van der Waals surface area contributed by atoms with Gasteiger partial charge in [-0.15, -0.1) is 0 Å². The molecule has 4 nitrogen and oxygen atoms in total. The van der Waals surface area contributed by atoms with Gasteiger partial charge < -0.3 is 10.1 Å². The van der Waals surface area contributed by atoms with E-state index in [-0.39, 0.29) is 11.6 Å². The van der Waals surface area contributed by atoms with Gasteiger partial charge in [0, 0.05) is 4.47 Å². The predicted octanol–water partition coefficient (Wildman–Crippen LogP) is 4.18. The van der Waals surface area contributed by atoms with Gasteiger partial charge in [0.2, 0.25) is 0 Å². The largest absolute Gasteiger partial charge is 0.452 e. The molecule has 0 saturated carbocycles. The van der Waals surface area contributed by atoms with E-state index in [1.54, 1.807) is 0 Å². The first kappa shape index (κ1) is 19.1. The second-order valence-electron chi connectivity index (χ2n) is 5.58. The molecule has 0 heterocycles. The maximum atomic E-state index is 13.6. The zero-order chi connectivity index (χ0) is 18.4. The van der Waals surface area contributed by atoms with Crippen molar-refractivity contribution in [2.75, 3.05) is 6.61 Å². The molecule has 0 saturated heterocycles. The Bertz CT molecular complexity index is 762. The summed E-state index contributed by atoms with van der Waals surface area (Å²) in [5, 5.41) is 2.75. The molecule has 0 fully saturated rings. The second-order valence-corrected chi connectivity index (χ2v) is 6.50. The Balaban J connectivity index is 1.89. The third-order valence-corrected chi connectivity index (χ3v) is 4.24. The van der Waals surface area contributed by atoms with Crippen molar-refractivity contribution in [1.29, 1.82) is 0 Å². The minimum atomic E-state index is -0.881. The lowest BCUT2D eigenvalue weighted by Crippen LogP contribution is -2.31. The Hall–Kier alpha value is -2.21. The lowest BCUT2D eigenvalue weighted by molar-refractivity contribution is -0.124. The molecule has 1 N–H and O–H groups in total. The summed E-state index contributed by atoms with van der Waals surface area (Å²) in [6.45, 7) is 3.44. The van der Waals surface area contributed by atoms with E-state index in [1.165, 1.54) is 17.7 Å². The normalized spacial score (nSPS) is 11.7. The Morgan fingerprint density at radius 2 is 1.88 bits per heavy atom. The number of esters is 1. The molecule has 1 amide bonds. The molecule has 0 aromatic heterocycles. The van der Waals surface area contributed by atoms with Crippen LogP contribution in [-0.4, -0.2) is 18.5 Å². The van der Waals surface area contributed by atoms with Crippen LogP contribution in [0, 0.1) is 5.82 Å². The molecular formula is C19H19BrFNO3. The molecule has 0 unspecified atom stereocenters. The van der Waals surface area contributed by atoms with Gasteiger partial charge in [0.05, 0.1) is 11.6 Å². The summed E-state index contributed by atoms with van der Waals surface area (Å²) in [4.78, 5) is 23.8. The van der Waals surface area contributed by atoms with E-state index < -0.39 is 24.3 Å². The Kier molecular flexibility index (Phi) is 6.70. The molecule has 1 atom stereocenters. The van der Waals surface area contributed by atoms with E-state index in [9.17, 15) is 14.0 Å². The fourth-order valence-corrected chi connectivity index (χ4v) is 2.63. The highest BCUT2D eigenvalue weighted by Gasteiger charge is 2.16. The molecule has 0 aliphatic heterocycles. The number of benzene rings is 2. The first-order valence-electron chi connectivity index (χ1n) is 7.91. The van der Waals surface area contributed by atoms with Crippen LogP contribution in [-0.2, 0) is 16.0 Å². The quantitative estimate of drug-likeness (QED) is 0.730. The minimum Gasteiger partial charge on any atom is -0.452 e. The maximum Gasteiger partial charge on any atom is 0.341 e. The number of amides is 1. The average molecular weight is 408 g/mol. The first-order valence-corrected chi connectivity index (χ1v) is 8.70. The molecule has 2 aromatic rings. The van der Waals surface area contributed by atoms with Crippen LogP contribution >= 0.6 is 15.9 Å². The number of carbonyl (C=O) groups is 2. The van der Waals surface area contributed by atoms with Gasteiger partial charge >= 0.3 is 5.97 Å². The van der Waals surface area contributed by atoms with Crippen molar-refractivity contribution < 1.29 is 18.7 Å². The second kappa shape index (κ2) is 8.76. The third-order valence-electron chi connectivity index (χ3n) is 3.75. The van der Waals surface area contributed by atoms with Crippen LogP contribution in [0.5, 0.6) is 0 Å². The number of aryl methyl sites for hydroxylation is 1. The molecule has 0 aliphatic carbocycles. The summed E-state index contributed by atoms with van der Waals surface area (Å²) in [6.07, 6.45) is 0.948. The van der Waals surface area contributed by atoms with Gasteiger partial charge in [-0.2, -0.15) is 0 Å². The van der Waals surface area contributed by atoms with E-state index in [4.69, 9.17) is 4.74 Å². The number of rotatable bonds is 6. The summed E-state index contributed by atoms with van der Waals surface area (Å²) in [6, 6.07) is 11.6. The molecule has 25 heavy (non-hydrogen) atoms. The number of halogens is 2. The zero-order valence-electron chi connectivity index (χ0n) is 14.0. The maximum absolute atomic E-state index is 13.6. The monoisotopic (exact) mass is 407 g/mol. The highest BCUT2D eigenvalue weighted by Crippen LogP contribution is 2.17. The van der Waals surface area contributed by atoms with Crippen LogP contribution in [0.4, 0.5) is 4.39 Å². The number of hydrogen-bond donors (Lipinski definition) is 1. The van der Waals surface area contributed by atoms with E-state index in [2.05, 4.69) is 28.2 Å². The van der Waals surface area contributed by atoms with Gasteiger partial charge in [-0.1, -0.05) is 47.1 Å². The number of nitrogens with one attached hydrogen (secondary N) is 1. The van der Waals surface area contributed by atoms with Crippen LogP contribution < -0.4 is 5.32 Å². The van der Waals surface area contributed by atoms with Crippen molar-refractivity contribution >= 4 is 27.8 Å². The van der Waals surface area contributed by atoms with Crippen LogP contribution in [0.3, 0.4) is 0 Å². The van der Waals surface area contributed by atoms with Gasteiger partial charge in [-0.25, -0.2) is 9.18 Å². The summed E-state index contributed by atoms with van der Waals surface area (Å²) in [7, 11) is 0. The van der Waals surface area contributed by atoms with Crippen LogP contribution in [0.1, 0.15) is 41.4 Å². The summed E-state index contributed by atoms with van der Waals surface area (Å²) in [5.74, 6) is -2.03. The van der Waals surface area contributed by atoms with Crippen molar-refractivity contribution in [3.05, 3.63) is 69.4 Å². The molecule has 0 radical (unpaired) electrons. The Morgan fingerprint density at radius 1 is 1.20 bits per heavy atom. The summed E-state index contributed by atoms with van der Waals surface area (Å²) in [5.41, 5.74) is 1.95. The van der Waals surface area contributed by atoms with E-state index in [0.29, 0.717) is 4.47 Å². The molecule has 0 aliphatic rings. The lowest BCUT2D eigenvalue weighted by Gasteiger charge is -2.15. The molecule has 2 rings (SSSR count). The van der Waals surface area contributed by atoms with Crippen molar-refractivity contribution in [1.82, 2.24) is 5.32 Å². The van der Waals surface area contributed by atoms with Gasteiger partial charge in [-0.3, -0.25) is 4.79 Å². The van der Waals surface area contributed by atoms with Crippen molar-refractivity contribution in [3.8, 4) is 0 Å². The van der Waals surface area contributed by atoms with Gasteiger partial charge in [-0.05, 0) is 42.7 Å². The minimum absolute atomic E-state index is 0.217. The number of hydrogen-bond acceptors (Lipinski definition) is 3. The smallest absolute Gasteiger partial charge is 0.341 e.